The van der Waals surface area contributed by atoms with E-state index in [9.17, 15) is 22.8 Å². The molecule has 0 bridgehead atoms. The van der Waals surface area contributed by atoms with Gasteiger partial charge in [-0.25, -0.2) is 9.48 Å². The zero-order valence-electron chi connectivity index (χ0n) is 11.6. The first-order chi connectivity index (χ1) is 9.57. The molecule has 0 saturated heterocycles. The molecule has 1 aromatic heterocycles. The lowest BCUT2D eigenvalue weighted by Gasteiger charge is -2.19. The zero-order chi connectivity index (χ0) is 16.4. The molecule has 0 N–H and O–H groups in total. The molecular weight excluding hydrogens is 313 g/mol. The Morgan fingerprint density at radius 1 is 1.48 bits per heavy atom. The van der Waals surface area contributed by atoms with Crippen molar-refractivity contribution in [1.29, 1.82) is 0 Å². The average Bonchev–Trinajstić information content (AvgIpc) is 2.36. The van der Waals surface area contributed by atoms with Crippen molar-refractivity contribution in [2.24, 2.45) is 5.92 Å². The normalized spacial score (nSPS) is 13.3. The van der Waals surface area contributed by atoms with Gasteiger partial charge in [0.1, 0.15) is 5.56 Å². The number of esters is 1. The lowest BCUT2D eigenvalue weighted by molar-refractivity contribution is -0.145. The first-order valence-electron chi connectivity index (χ1n) is 6.02. The number of halogens is 4. The van der Waals surface area contributed by atoms with Crippen LogP contribution in [0.25, 0.3) is 0 Å². The summed E-state index contributed by atoms with van der Waals surface area (Å²) in [4.78, 5) is 23.5. The fourth-order valence-corrected chi connectivity index (χ4v) is 1.99. The van der Waals surface area contributed by atoms with Gasteiger partial charge in [-0.1, -0.05) is 25.4 Å². The average molecular weight is 327 g/mol. The monoisotopic (exact) mass is 326 g/mol. The van der Waals surface area contributed by atoms with Crippen LogP contribution in [0.3, 0.4) is 0 Å². The Balaban J connectivity index is 3.37. The quantitative estimate of drug-likeness (QED) is 0.798. The van der Waals surface area contributed by atoms with Gasteiger partial charge in [-0.05, 0) is 12.3 Å². The van der Waals surface area contributed by atoms with Crippen molar-refractivity contribution >= 4 is 17.6 Å². The Morgan fingerprint density at radius 2 is 2.05 bits per heavy atom. The smallest absolute Gasteiger partial charge is 0.419 e. The molecule has 118 valence electrons. The molecule has 1 atom stereocenters. The Bertz CT molecular complexity index is 584. The minimum absolute atomic E-state index is 0.0103. The maximum Gasteiger partial charge on any atom is 0.419 e. The Kier molecular flexibility index (Phi) is 5.38. The number of methoxy groups -OCH3 is 1. The van der Waals surface area contributed by atoms with E-state index < -0.39 is 34.5 Å². The Hall–Kier alpha value is -1.57. The second-order valence-corrected chi connectivity index (χ2v) is 5.16. The molecule has 0 spiro atoms. The van der Waals surface area contributed by atoms with Crippen molar-refractivity contribution in [2.45, 2.75) is 32.5 Å². The topological polar surface area (TPSA) is 61.2 Å². The third kappa shape index (κ3) is 4.20. The minimum Gasteiger partial charge on any atom is -0.467 e. The maximum absolute atomic E-state index is 12.6. The second kappa shape index (κ2) is 6.46. The summed E-state index contributed by atoms with van der Waals surface area (Å²) in [7, 11) is 1.12. The third-order valence-corrected chi connectivity index (χ3v) is 2.96. The van der Waals surface area contributed by atoms with Crippen molar-refractivity contribution in [1.82, 2.24) is 9.78 Å². The van der Waals surface area contributed by atoms with Crippen LogP contribution in [0.5, 0.6) is 0 Å². The molecular formula is C12H14ClF3N2O3. The van der Waals surface area contributed by atoms with Crippen LogP contribution < -0.4 is 5.56 Å². The van der Waals surface area contributed by atoms with Gasteiger partial charge in [-0.15, -0.1) is 0 Å². The number of hydrogen-bond donors (Lipinski definition) is 0. The van der Waals surface area contributed by atoms with Crippen LogP contribution in [0.4, 0.5) is 13.2 Å². The summed E-state index contributed by atoms with van der Waals surface area (Å²) in [6.45, 7) is 3.57. The fraction of sp³-hybridized carbons (Fsp3) is 0.583. The van der Waals surface area contributed by atoms with Crippen molar-refractivity contribution in [2.75, 3.05) is 7.11 Å². The Morgan fingerprint density at radius 3 is 2.48 bits per heavy atom. The lowest BCUT2D eigenvalue weighted by Crippen LogP contribution is -2.34. The number of alkyl halides is 3. The van der Waals surface area contributed by atoms with E-state index in [1.54, 1.807) is 13.8 Å². The third-order valence-electron chi connectivity index (χ3n) is 2.68. The Labute approximate surface area is 123 Å². The van der Waals surface area contributed by atoms with Crippen molar-refractivity contribution in [3.05, 3.63) is 27.1 Å². The summed E-state index contributed by atoms with van der Waals surface area (Å²) in [6.07, 6.45) is -4.61. The molecule has 0 amide bonds. The van der Waals surface area contributed by atoms with Gasteiger partial charge >= 0.3 is 12.1 Å². The molecule has 21 heavy (non-hydrogen) atoms. The molecule has 0 aliphatic carbocycles. The van der Waals surface area contributed by atoms with E-state index in [0.29, 0.717) is 10.7 Å². The van der Waals surface area contributed by atoms with Crippen molar-refractivity contribution in [3.63, 3.8) is 0 Å². The largest absolute Gasteiger partial charge is 0.467 e. The highest BCUT2D eigenvalue weighted by Crippen LogP contribution is 2.32. The van der Waals surface area contributed by atoms with Crippen LogP contribution in [0.15, 0.2) is 10.9 Å². The van der Waals surface area contributed by atoms with E-state index in [4.69, 9.17) is 11.6 Å². The van der Waals surface area contributed by atoms with Gasteiger partial charge in [-0.3, -0.25) is 4.79 Å². The molecule has 0 aliphatic rings. The first kappa shape index (κ1) is 17.5. The lowest BCUT2D eigenvalue weighted by atomic mass is 10.0. The molecule has 5 nitrogen and oxygen atoms in total. The maximum atomic E-state index is 12.6. The number of ether oxygens (including phenoxy) is 1. The van der Waals surface area contributed by atoms with Gasteiger partial charge < -0.3 is 4.74 Å². The summed E-state index contributed by atoms with van der Waals surface area (Å²) in [5.74, 6) is -0.780. The van der Waals surface area contributed by atoms with E-state index in [0.717, 1.165) is 7.11 Å². The van der Waals surface area contributed by atoms with E-state index in [1.807, 2.05) is 0 Å². The van der Waals surface area contributed by atoms with E-state index >= 15 is 0 Å². The van der Waals surface area contributed by atoms with Crippen molar-refractivity contribution in [3.8, 4) is 0 Å². The predicted octanol–water partition coefficient (Wildman–Crippen LogP) is 2.68. The van der Waals surface area contributed by atoms with Crippen LogP contribution in [0, 0.1) is 5.92 Å². The van der Waals surface area contributed by atoms with Crippen LogP contribution in [0.1, 0.15) is 31.9 Å². The highest BCUT2D eigenvalue weighted by molar-refractivity contribution is 6.30. The molecule has 9 heteroatoms. The second-order valence-electron chi connectivity index (χ2n) is 4.80. The van der Waals surface area contributed by atoms with Crippen LogP contribution in [-0.4, -0.2) is 22.9 Å². The van der Waals surface area contributed by atoms with Crippen LogP contribution >= 0.6 is 11.6 Å². The zero-order valence-corrected chi connectivity index (χ0v) is 12.3. The molecule has 0 unspecified atom stereocenters. The van der Waals surface area contributed by atoms with E-state index in [2.05, 4.69) is 9.84 Å². The molecule has 1 heterocycles. The number of aromatic nitrogens is 2. The molecule has 0 aromatic carbocycles. The minimum atomic E-state index is -4.79. The number of hydrogen-bond acceptors (Lipinski definition) is 4. The highest BCUT2D eigenvalue weighted by Gasteiger charge is 2.36. The first-order valence-corrected chi connectivity index (χ1v) is 6.40. The van der Waals surface area contributed by atoms with E-state index in [-0.39, 0.29) is 12.3 Å². The summed E-state index contributed by atoms with van der Waals surface area (Å²) >= 11 is 5.47. The summed E-state index contributed by atoms with van der Waals surface area (Å²) < 4.78 is 43.1. The van der Waals surface area contributed by atoms with E-state index in [1.165, 1.54) is 0 Å². The predicted molar refractivity (Wildman–Crippen MR) is 69.0 cm³/mol. The van der Waals surface area contributed by atoms with Gasteiger partial charge in [0.2, 0.25) is 0 Å². The molecule has 1 rings (SSSR count). The molecule has 0 radical (unpaired) electrons. The SMILES string of the molecule is COC(=O)[C@H](CC(C)C)n1nc(Cl)c(C(F)(F)F)cc1=O. The van der Waals surface area contributed by atoms with Gasteiger partial charge in [-0.2, -0.15) is 18.3 Å². The molecule has 0 fully saturated rings. The summed E-state index contributed by atoms with van der Waals surface area (Å²) in [6, 6.07) is -0.798. The molecule has 1 aromatic rings. The fourth-order valence-electron chi connectivity index (χ4n) is 1.75. The summed E-state index contributed by atoms with van der Waals surface area (Å²) in [5.41, 5.74) is -2.40. The molecule has 0 aliphatic heterocycles. The van der Waals surface area contributed by atoms with Crippen molar-refractivity contribution < 1.29 is 22.7 Å². The standard InChI is InChI=1S/C12H14ClF3N2O3/c1-6(2)4-8(11(20)21-3)18-9(19)5-7(10(13)17-18)12(14,15)16/h5-6,8H,4H2,1-3H3/t8-/m0/s1. The molecule has 0 saturated carbocycles. The number of carbonyl (C=O) groups is 1. The van der Waals surface area contributed by atoms with Gasteiger partial charge in [0, 0.05) is 6.07 Å². The van der Waals surface area contributed by atoms with Gasteiger partial charge in [0.05, 0.1) is 7.11 Å². The van der Waals surface area contributed by atoms with Crippen LogP contribution in [0.2, 0.25) is 5.15 Å². The number of rotatable bonds is 4. The van der Waals surface area contributed by atoms with Crippen LogP contribution in [-0.2, 0) is 15.7 Å². The number of nitrogens with zero attached hydrogens (tertiary/aromatic N) is 2. The summed E-state index contributed by atoms with van der Waals surface area (Å²) in [5, 5.41) is 2.52. The van der Waals surface area contributed by atoms with Gasteiger partial charge in [0.15, 0.2) is 11.2 Å². The number of carbonyl (C=O) groups excluding carboxylic acids is 1. The van der Waals surface area contributed by atoms with Gasteiger partial charge in [0.25, 0.3) is 5.56 Å². The highest BCUT2D eigenvalue weighted by atomic mass is 35.5.